The molecule has 2 amide bonds. The van der Waals surface area contributed by atoms with Crippen LogP contribution in [0.3, 0.4) is 0 Å². The van der Waals surface area contributed by atoms with Gasteiger partial charge < -0.3 is 26.0 Å². The second kappa shape index (κ2) is 9.14. The van der Waals surface area contributed by atoms with Gasteiger partial charge in [-0.05, 0) is 24.9 Å². The number of hydrogen-bond donors (Lipinski definition) is 5. The van der Waals surface area contributed by atoms with Gasteiger partial charge in [-0.1, -0.05) is 30.3 Å². The summed E-state index contributed by atoms with van der Waals surface area (Å²) in [6, 6.07) is 6.25. The Kier molecular flexibility index (Phi) is 6.38. The van der Waals surface area contributed by atoms with Crippen LogP contribution < -0.4 is 16.0 Å². The molecule has 9 nitrogen and oxygen atoms in total. The topological polar surface area (TPSA) is 136 Å². The monoisotopic (exact) mass is 385 g/mol. The summed E-state index contributed by atoms with van der Waals surface area (Å²) in [4.78, 5) is 43.8. The van der Waals surface area contributed by atoms with Crippen molar-refractivity contribution in [3.63, 3.8) is 0 Å². The van der Waals surface area contributed by atoms with Gasteiger partial charge in [0, 0.05) is 12.6 Å². The number of carbonyl (C=O) groups is 3. The molecule has 1 aromatic carbocycles. The zero-order chi connectivity index (χ0) is 19.9. The van der Waals surface area contributed by atoms with Crippen molar-refractivity contribution in [3.05, 3.63) is 54.1 Å². The lowest BCUT2D eigenvalue weighted by Crippen LogP contribution is -2.50. The molecule has 0 saturated carbocycles. The number of hydrogen-bond acceptors (Lipinski definition) is 5. The Morgan fingerprint density at radius 2 is 2.00 bits per heavy atom. The molecule has 2 aromatic rings. The van der Waals surface area contributed by atoms with Gasteiger partial charge in [-0.25, -0.2) is 9.78 Å². The Morgan fingerprint density at radius 3 is 2.61 bits per heavy atom. The summed E-state index contributed by atoms with van der Waals surface area (Å²) < 4.78 is 0. The van der Waals surface area contributed by atoms with Crippen LogP contribution in [-0.2, 0) is 20.8 Å². The third-order valence-corrected chi connectivity index (χ3v) is 4.64. The molecule has 0 bridgehead atoms. The molecule has 5 N–H and O–H groups in total. The van der Waals surface area contributed by atoms with Crippen LogP contribution in [-0.4, -0.2) is 51.5 Å². The number of aromatic nitrogens is 2. The van der Waals surface area contributed by atoms with Crippen molar-refractivity contribution in [2.45, 2.75) is 37.4 Å². The molecule has 9 heteroatoms. The Balaban J connectivity index is 1.75. The highest BCUT2D eigenvalue weighted by molar-refractivity contribution is 5.92. The number of rotatable bonds is 8. The number of aromatic amines is 1. The van der Waals surface area contributed by atoms with E-state index < -0.39 is 24.0 Å². The van der Waals surface area contributed by atoms with Crippen LogP contribution in [0.1, 0.15) is 30.1 Å². The summed E-state index contributed by atoms with van der Waals surface area (Å²) in [5.74, 6) is -2.03. The van der Waals surface area contributed by atoms with E-state index in [2.05, 4.69) is 25.9 Å². The number of carboxylic acid groups (broad SMARTS) is 1. The minimum Gasteiger partial charge on any atom is -0.480 e. The first-order valence-electron chi connectivity index (χ1n) is 9.14. The zero-order valence-corrected chi connectivity index (χ0v) is 15.2. The molecule has 0 unspecified atom stereocenters. The number of nitrogens with one attached hydrogen (secondary N) is 4. The van der Waals surface area contributed by atoms with Crippen molar-refractivity contribution in [1.82, 2.24) is 25.9 Å². The van der Waals surface area contributed by atoms with E-state index in [4.69, 9.17) is 0 Å². The fourth-order valence-corrected chi connectivity index (χ4v) is 3.16. The third-order valence-electron chi connectivity index (χ3n) is 4.64. The van der Waals surface area contributed by atoms with Crippen LogP contribution >= 0.6 is 0 Å². The van der Waals surface area contributed by atoms with Gasteiger partial charge >= 0.3 is 5.97 Å². The molecule has 0 spiro atoms. The predicted molar refractivity (Wildman–Crippen MR) is 100 cm³/mol. The van der Waals surface area contributed by atoms with Crippen molar-refractivity contribution in [1.29, 1.82) is 0 Å². The van der Waals surface area contributed by atoms with E-state index in [1.807, 2.05) is 0 Å². The summed E-state index contributed by atoms with van der Waals surface area (Å²) >= 11 is 0. The lowest BCUT2D eigenvalue weighted by atomic mass is 10.0. The molecule has 148 valence electrons. The van der Waals surface area contributed by atoms with Gasteiger partial charge in [-0.15, -0.1) is 0 Å². The Labute approximate surface area is 161 Å². The summed E-state index contributed by atoms with van der Waals surface area (Å²) in [7, 11) is 0. The van der Waals surface area contributed by atoms with Crippen molar-refractivity contribution >= 4 is 17.8 Å². The maximum absolute atomic E-state index is 12.9. The van der Waals surface area contributed by atoms with Gasteiger partial charge in [0.05, 0.1) is 18.1 Å². The molecule has 2 heterocycles. The molecule has 3 rings (SSSR count). The first-order valence-corrected chi connectivity index (χ1v) is 9.14. The zero-order valence-electron chi connectivity index (χ0n) is 15.2. The number of benzene rings is 1. The maximum atomic E-state index is 12.9. The van der Waals surface area contributed by atoms with E-state index in [0.717, 1.165) is 13.0 Å². The van der Waals surface area contributed by atoms with Gasteiger partial charge in [0.15, 0.2) is 0 Å². The lowest BCUT2D eigenvalue weighted by Gasteiger charge is -2.23. The standard InChI is InChI=1S/C19H23N5O4/c25-17(14-7-4-8-21-14)24-16(12-5-2-1-3-6-12)18(26)23-15(19(27)28)9-13-10-20-11-22-13/h1-3,5-6,10-11,14-16,21H,4,7-9H2,(H,20,22)(H,23,26)(H,24,25)(H,27,28)/t14-,15-,16-/m0/s1. The van der Waals surface area contributed by atoms with Crippen molar-refractivity contribution in [2.24, 2.45) is 0 Å². The fourth-order valence-electron chi connectivity index (χ4n) is 3.16. The van der Waals surface area contributed by atoms with E-state index in [-0.39, 0.29) is 18.4 Å². The van der Waals surface area contributed by atoms with E-state index >= 15 is 0 Å². The molecule has 28 heavy (non-hydrogen) atoms. The number of amides is 2. The maximum Gasteiger partial charge on any atom is 0.326 e. The Hall–Kier alpha value is -3.20. The van der Waals surface area contributed by atoms with Crippen LogP contribution in [0.4, 0.5) is 0 Å². The van der Waals surface area contributed by atoms with Crippen LogP contribution in [0, 0.1) is 0 Å². The highest BCUT2D eigenvalue weighted by Gasteiger charge is 2.31. The van der Waals surface area contributed by atoms with Crippen molar-refractivity contribution in [3.8, 4) is 0 Å². The molecule has 1 aliphatic rings. The van der Waals surface area contributed by atoms with Crippen LogP contribution in [0.15, 0.2) is 42.9 Å². The quantitative estimate of drug-likeness (QED) is 0.438. The average Bonchev–Trinajstić information content (AvgIpc) is 3.40. The predicted octanol–water partition coefficient (Wildman–Crippen LogP) is 0.131. The fraction of sp³-hybridized carbons (Fsp3) is 0.368. The molecule has 1 fully saturated rings. The smallest absolute Gasteiger partial charge is 0.326 e. The number of aliphatic carboxylic acids is 1. The van der Waals surface area contributed by atoms with E-state index in [0.29, 0.717) is 17.7 Å². The van der Waals surface area contributed by atoms with Crippen LogP contribution in [0.5, 0.6) is 0 Å². The van der Waals surface area contributed by atoms with E-state index in [1.165, 1.54) is 6.33 Å². The molecule has 1 aliphatic heterocycles. The summed E-state index contributed by atoms with van der Waals surface area (Å²) in [5, 5.41) is 17.8. The third kappa shape index (κ3) is 4.95. The van der Waals surface area contributed by atoms with Crippen molar-refractivity contribution < 1.29 is 19.5 Å². The average molecular weight is 385 g/mol. The number of imidazole rings is 1. The Bertz CT molecular complexity index is 803. The lowest BCUT2D eigenvalue weighted by molar-refractivity contribution is -0.142. The number of carbonyl (C=O) groups excluding carboxylic acids is 2. The summed E-state index contributed by atoms with van der Waals surface area (Å²) in [6.07, 6.45) is 4.64. The largest absolute Gasteiger partial charge is 0.480 e. The SMILES string of the molecule is O=C(O)[C@H](Cc1c[nH]cn1)NC(=O)[C@@H](NC(=O)[C@@H]1CCCN1)c1ccccc1. The van der Waals surface area contributed by atoms with E-state index in [1.54, 1.807) is 36.5 Å². The summed E-state index contributed by atoms with van der Waals surface area (Å²) in [5.41, 5.74) is 1.10. The van der Waals surface area contributed by atoms with Crippen LogP contribution in [0.2, 0.25) is 0 Å². The molecular weight excluding hydrogens is 362 g/mol. The van der Waals surface area contributed by atoms with Gasteiger partial charge in [0.25, 0.3) is 0 Å². The number of H-pyrrole nitrogens is 1. The highest BCUT2D eigenvalue weighted by Crippen LogP contribution is 2.15. The Morgan fingerprint density at radius 1 is 1.21 bits per heavy atom. The molecule has 3 atom stereocenters. The first kappa shape index (κ1) is 19.6. The van der Waals surface area contributed by atoms with Gasteiger partial charge in [0.1, 0.15) is 12.1 Å². The van der Waals surface area contributed by atoms with Gasteiger partial charge in [-0.2, -0.15) is 0 Å². The number of carboxylic acids is 1. The first-order chi connectivity index (χ1) is 13.5. The van der Waals surface area contributed by atoms with Gasteiger partial charge in [0.2, 0.25) is 11.8 Å². The molecule has 0 radical (unpaired) electrons. The second-order valence-electron chi connectivity index (χ2n) is 6.67. The number of nitrogens with zero attached hydrogens (tertiary/aromatic N) is 1. The van der Waals surface area contributed by atoms with E-state index in [9.17, 15) is 19.5 Å². The second-order valence-corrected chi connectivity index (χ2v) is 6.67. The highest BCUT2D eigenvalue weighted by atomic mass is 16.4. The summed E-state index contributed by atoms with van der Waals surface area (Å²) in [6.45, 7) is 0.755. The normalized spacial score (nSPS) is 18.2. The molecule has 1 aromatic heterocycles. The minimum absolute atomic E-state index is 0.0320. The van der Waals surface area contributed by atoms with Crippen molar-refractivity contribution in [2.75, 3.05) is 6.54 Å². The molecule has 1 saturated heterocycles. The molecule has 0 aliphatic carbocycles. The minimum atomic E-state index is -1.17. The van der Waals surface area contributed by atoms with Gasteiger partial charge in [-0.3, -0.25) is 9.59 Å². The molecular formula is C19H23N5O4. The van der Waals surface area contributed by atoms with Crippen LogP contribution in [0.25, 0.3) is 0 Å².